The van der Waals surface area contributed by atoms with Crippen LogP contribution >= 0.6 is 0 Å². The summed E-state index contributed by atoms with van der Waals surface area (Å²) in [5.74, 6) is 1.35. The van der Waals surface area contributed by atoms with Gasteiger partial charge in [-0.1, -0.05) is 0 Å². The zero-order chi connectivity index (χ0) is 11.1. The van der Waals surface area contributed by atoms with Gasteiger partial charge < -0.3 is 10.6 Å². The lowest BCUT2D eigenvalue weighted by Gasteiger charge is -2.37. The average molecular weight is 218 g/mol. The monoisotopic (exact) mass is 218 g/mol. The van der Waals surface area contributed by atoms with Gasteiger partial charge in [-0.2, -0.15) is 10.2 Å². The molecule has 0 radical (unpaired) electrons. The van der Waals surface area contributed by atoms with Crippen LogP contribution in [0.1, 0.15) is 18.5 Å². The Morgan fingerprint density at radius 1 is 1.31 bits per heavy atom. The highest BCUT2D eigenvalue weighted by Crippen LogP contribution is 2.37. The first-order valence-corrected chi connectivity index (χ1v) is 6.04. The number of fused-ring (bicyclic) bond motifs is 2. The van der Waals surface area contributed by atoms with E-state index in [0.717, 1.165) is 18.8 Å². The topological polar surface area (TPSA) is 55.0 Å². The quantitative estimate of drug-likeness (QED) is 0.762. The highest BCUT2D eigenvalue weighted by atomic mass is 15.2. The molecule has 2 N–H and O–H groups in total. The lowest BCUT2D eigenvalue weighted by Crippen LogP contribution is -2.48. The predicted molar refractivity (Wildman–Crippen MR) is 63.2 cm³/mol. The van der Waals surface area contributed by atoms with Crippen LogP contribution in [-0.4, -0.2) is 29.3 Å². The molecule has 2 heterocycles. The fourth-order valence-electron chi connectivity index (χ4n) is 3.11. The van der Waals surface area contributed by atoms with Crippen LogP contribution in [0.25, 0.3) is 0 Å². The van der Waals surface area contributed by atoms with E-state index in [1.807, 2.05) is 13.1 Å². The molecule has 1 aliphatic heterocycles. The molecule has 16 heavy (non-hydrogen) atoms. The summed E-state index contributed by atoms with van der Waals surface area (Å²) in [5, 5.41) is 8.03. The van der Waals surface area contributed by atoms with E-state index in [9.17, 15) is 0 Å². The summed E-state index contributed by atoms with van der Waals surface area (Å²) >= 11 is 0. The SMILES string of the molecule is Cc1cc(N2C[C@H]3CC[C@@H](C2)[C@@H]3N)cnn1. The minimum Gasteiger partial charge on any atom is -0.370 e. The molecule has 1 aromatic rings. The Balaban J connectivity index is 1.83. The second-order valence-electron chi connectivity index (χ2n) is 5.13. The number of aromatic nitrogens is 2. The summed E-state index contributed by atoms with van der Waals surface area (Å²) < 4.78 is 0. The summed E-state index contributed by atoms with van der Waals surface area (Å²) in [6.07, 6.45) is 4.45. The Morgan fingerprint density at radius 2 is 2.00 bits per heavy atom. The smallest absolute Gasteiger partial charge is 0.0730 e. The number of anilines is 1. The molecule has 2 fully saturated rings. The third-order valence-electron chi connectivity index (χ3n) is 4.03. The Bertz CT molecular complexity index is 378. The van der Waals surface area contributed by atoms with Crippen molar-refractivity contribution in [2.45, 2.75) is 25.8 Å². The van der Waals surface area contributed by atoms with Crippen LogP contribution in [0.2, 0.25) is 0 Å². The minimum atomic E-state index is 0.423. The summed E-state index contributed by atoms with van der Waals surface area (Å²) in [5.41, 5.74) is 8.39. The highest BCUT2D eigenvalue weighted by molar-refractivity contribution is 5.45. The highest BCUT2D eigenvalue weighted by Gasteiger charge is 2.39. The maximum Gasteiger partial charge on any atom is 0.0730 e. The van der Waals surface area contributed by atoms with E-state index in [2.05, 4.69) is 21.2 Å². The zero-order valence-electron chi connectivity index (χ0n) is 9.63. The van der Waals surface area contributed by atoms with Crippen molar-refractivity contribution < 1.29 is 0 Å². The fourth-order valence-corrected chi connectivity index (χ4v) is 3.11. The first kappa shape index (κ1) is 10.0. The van der Waals surface area contributed by atoms with E-state index in [1.165, 1.54) is 18.5 Å². The van der Waals surface area contributed by atoms with Gasteiger partial charge in [0.1, 0.15) is 0 Å². The molecule has 3 atom stereocenters. The first-order valence-electron chi connectivity index (χ1n) is 6.04. The largest absolute Gasteiger partial charge is 0.370 e. The standard InChI is InChI=1S/C12H18N4/c1-8-4-11(5-14-15-8)16-6-9-2-3-10(7-16)12(9)13/h4-5,9-10,12H,2-3,6-7,13H2,1H3/t9-,10+,12-. The third kappa shape index (κ3) is 1.57. The molecule has 4 nitrogen and oxygen atoms in total. The van der Waals surface area contributed by atoms with Crippen molar-refractivity contribution in [1.29, 1.82) is 0 Å². The van der Waals surface area contributed by atoms with Crippen molar-refractivity contribution in [3.8, 4) is 0 Å². The van der Waals surface area contributed by atoms with Gasteiger partial charge in [0.15, 0.2) is 0 Å². The molecule has 0 aromatic carbocycles. The van der Waals surface area contributed by atoms with Crippen molar-refractivity contribution in [2.75, 3.05) is 18.0 Å². The van der Waals surface area contributed by atoms with Gasteiger partial charge >= 0.3 is 0 Å². The zero-order valence-corrected chi connectivity index (χ0v) is 9.63. The lowest BCUT2D eigenvalue weighted by molar-refractivity contribution is 0.356. The number of aryl methyl sites for hydroxylation is 1. The Labute approximate surface area is 95.8 Å². The molecule has 1 saturated heterocycles. The second kappa shape index (κ2) is 3.70. The first-order chi connectivity index (χ1) is 7.74. The summed E-state index contributed by atoms with van der Waals surface area (Å²) in [6, 6.07) is 2.54. The fraction of sp³-hybridized carbons (Fsp3) is 0.667. The molecule has 0 unspecified atom stereocenters. The van der Waals surface area contributed by atoms with Crippen LogP contribution in [0, 0.1) is 18.8 Å². The van der Waals surface area contributed by atoms with Gasteiger partial charge in [-0.3, -0.25) is 0 Å². The van der Waals surface area contributed by atoms with Crippen LogP contribution in [0.3, 0.4) is 0 Å². The Kier molecular flexibility index (Phi) is 2.32. The van der Waals surface area contributed by atoms with Gasteiger partial charge in [0.05, 0.1) is 17.6 Å². The van der Waals surface area contributed by atoms with Crippen molar-refractivity contribution in [2.24, 2.45) is 17.6 Å². The van der Waals surface area contributed by atoms with E-state index in [1.54, 1.807) is 0 Å². The maximum absolute atomic E-state index is 6.20. The van der Waals surface area contributed by atoms with Gasteiger partial charge in [-0.15, -0.1) is 0 Å². The van der Waals surface area contributed by atoms with E-state index in [4.69, 9.17) is 5.73 Å². The predicted octanol–water partition coefficient (Wildman–Crippen LogP) is 0.959. The normalized spacial score (nSPS) is 33.1. The number of nitrogens with zero attached hydrogens (tertiary/aromatic N) is 3. The van der Waals surface area contributed by atoms with Crippen molar-refractivity contribution >= 4 is 5.69 Å². The number of piperidine rings is 1. The molecule has 1 aromatic heterocycles. The van der Waals surface area contributed by atoms with Crippen LogP contribution < -0.4 is 10.6 Å². The molecule has 1 aliphatic carbocycles. The van der Waals surface area contributed by atoms with Gasteiger partial charge in [0.2, 0.25) is 0 Å². The van der Waals surface area contributed by atoms with Crippen LogP contribution in [-0.2, 0) is 0 Å². The van der Waals surface area contributed by atoms with Gasteiger partial charge in [-0.25, -0.2) is 0 Å². The molecule has 86 valence electrons. The van der Waals surface area contributed by atoms with Crippen LogP contribution in [0.5, 0.6) is 0 Å². The van der Waals surface area contributed by atoms with E-state index < -0.39 is 0 Å². The number of rotatable bonds is 1. The minimum absolute atomic E-state index is 0.423. The van der Waals surface area contributed by atoms with Crippen molar-refractivity contribution in [3.05, 3.63) is 18.0 Å². The van der Waals surface area contributed by atoms with Gasteiger partial charge in [0.25, 0.3) is 0 Å². The average Bonchev–Trinajstić information content (AvgIpc) is 2.53. The summed E-state index contributed by atoms with van der Waals surface area (Å²) in [6.45, 7) is 4.16. The van der Waals surface area contributed by atoms with E-state index in [0.29, 0.717) is 17.9 Å². The summed E-state index contributed by atoms with van der Waals surface area (Å²) in [7, 11) is 0. The molecule has 1 saturated carbocycles. The molecule has 0 spiro atoms. The van der Waals surface area contributed by atoms with E-state index >= 15 is 0 Å². The number of hydrogen-bond donors (Lipinski definition) is 1. The van der Waals surface area contributed by atoms with Crippen molar-refractivity contribution in [3.63, 3.8) is 0 Å². The molecular formula is C12H18N4. The van der Waals surface area contributed by atoms with E-state index in [-0.39, 0.29) is 0 Å². The lowest BCUT2D eigenvalue weighted by atomic mass is 9.93. The molecule has 2 bridgehead atoms. The molecule has 4 heteroatoms. The summed E-state index contributed by atoms with van der Waals surface area (Å²) in [4.78, 5) is 2.42. The molecular weight excluding hydrogens is 200 g/mol. The molecule has 3 rings (SSSR count). The van der Waals surface area contributed by atoms with Crippen LogP contribution in [0.4, 0.5) is 5.69 Å². The third-order valence-corrected chi connectivity index (χ3v) is 4.03. The van der Waals surface area contributed by atoms with Gasteiger partial charge in [0, 0.05) is 19.1 Å². The molecule has 2 aliphatic rings. The number of nitrogens with two attached hydrogens (primary N) is 1. The second-order valence-corrected chi connectivity index (χ2v) is 5.13. The Hall–Kier alpha value is -1.16. The molecule has 0 amide bonds. The van der Waals surface area contributed by atoms with Gasteiger partial charge in [-0.05, 0) is 37.7 Å². The maximum atomic E-state index is 6.20. The van der Waals surface area contributed by atoms with Crippen LogP contribution in [0.15, 0.2) is 12.3 Å². The Morgan fingerprint density at radius 3 is 2.62 bits per heavy atom. The number of hydrogen-bond acceptors (Lipinski definition) is 4. The van der Waals surface area contributed by atoms with Crippen molar-refractivity contribution in [1.82, 2.24) is 10.2 Å².